The number of rotatable bonds is 5. The molecule has 4 nitrogen and oxygen atoms in total. The summed E-state index contributed by atoms with van der Waals surface area (Å²) in [6.07, 6.45) is 0. The first-order valence-corrected chi connectivity index (χ1v) is 23.1. The van der Waals surface area contributed by atoms with E-state index in [2.05, 4.69) is 212 Å². The molecule has 0 spiro atoms. The quantitative estimate of drug-likeness (QED) is 0.162. The standard InChI is InChI=1S/C61H35N3OS/c1-2-14-39-32-41(30-26-36(39)12-1)46-19-9-22-50-56-48(20-11-24-54(56)65-57(46)50)53-35-43(33-40-15-4-6-17-45(40)53)60-62-59(42-31-29-38-28-27-37-13-3-5-16-44(37)52(38)34-42)63-61(64-60)51-23-10-21-49-47-18-7-8-25-55(47)66-58(49)51/h1-35H. The smallest absolute Gasteiger partial charge is 0.165 e. The summed E-state index contributed by atoms with van der Waals surface area (Å²) in [6.45, 7) is 0. The molecule has 14 aromatic rings. The molecule has 0 aliphatic carbocycles. The minimum atomic E-state index is 0.612. The van der Waals surface area contributed by atoms with Gasteiger partial charge in [0.15, 0.2) is 17.5 Å². The molecule has 0 atom stereocenters. The van der Waals surface area contributed by atoms with Gasteiger partial charge in [0.05, 0.1) is 0 Å². The van der Waals surface area contributed by atoms with E-state index in [0.717, 1.165) is 81.7 Å². The molecule has 0 bridgehead atoms. The molecule has 11 aromatic carbocycles. The molecule has 5 heteroatoms. The summed E-state index contributed by atoms with van der Waals surface area (Å²) in [5, 5.41) is 14.0. The van der Waals surface area contributed by atoms with Crippen molar-refractivity contribution in [3.05, 3.63) is 212 Å². The Morgan fingerprint density at radius 3 is 1.79 bits per heavy atom. The van der Waals surface area contributed by atoms with Gasteiger partial charge >= 0.3 is 0 Å². The molecule has 3 heterocycles. The van der Waals surface area contributed by atoms with Crippen molar-refractivity contribution < 1.29 is 4.42 Å². The van der Waals surface area contributed by atoms with Crippen LogP contribution < -0.4 is 0 Å². The highest BCUT2D eigenvalue weighted by molar-refractivity contribution is 7.26. The van der Waals surface area contributed by atoms with Gasteiger partial charge in [0.2, 0.25) is 0 Å². The largest absolute Gasteiger partial charge is 0.455 e. The van der Waals surface area contributed by atoms with Gasteiger partial charge in [0.1, 0.15) is 11.2 Å². The zero-order valence-electron chi connectivity index (χ0n) is 35.4. The number of fused-ring (bicyclic) bond motifs is 11. The zero-order chi connectivity index (χ0) is 43.3. The molecule has 14 rings (SSSR count). The fourth-order valence-corrected chi connectivity index (χ4v) is 11.3. The lowest BCUT2D eigenvalue weighted by Crippen LogP contribution is -2.01. The third-order valence-electron chi connectivity index (χ3n) is 13.3. The highest BCUT2D eigenvalue weighted by atomic mass is 32.1. The van der Waals surface area contributed by atoms with Crippen molar-refractivity contribution in [3.63, 3.8) is 0 Å². The van der Waals surface area contributed by atoms with Crippen LogP contribution in [0.2, 0.25) is 0 Å². The van der Waals surface area contributed by atoms with Gasteiger partial charge in [0, 0.05) is 53.2 Å². The van der Waals surface area contributed by atoms with Gasteiger partial charge in [-0.3, -0.25) is 0 Å². The molecule has 0 aliphatic heterocycles. The van der Waals surface area contributed by atoms with Gasteiger partial charge in [-0.15, -0.1) is 11.3 Å². The molecule has 0 unspecified atom stereocenters. The molecule has 0 fully saturated rings. The van der Waals surface area contributed by atoms with E-state index in [1.807, 2.05) is 0 Å². The second kappa shape index (κ2) is 14.5. The minimum Gasteiger partial charge on any atom is -0.455 e. The second-order valence-corrected chi connectivity index (χ2v) is 18.1. The summed E-state index contributed by atoms with van der Waals surface area (Å²) in [5.74, 6) is 1.88. The van der Waals surface area contributed by atoms with Gasteiger partial charge in [-0.1, -0.05) is 170 Å². The molecule has 0 saturated carbocycles. The number of hydrogen-bond acceptors (Lipinski definition) is 5. The maximum atomic E-state index is 6.85. The summed E-state index contributed by atoms with van der Waals surface area (Å²) in [5.41, 5.74) is 8.92. The van der Waals surface area contributed by atoms with E-state index >= 15 is 0 Å². The summed E-state index contributed by atoms with van der Waals surface area (Å²) in [4.78, 5) is 16.1. The highest BCUT2D eigenvalue weighted by Crippen LogP contribution is 2.45. The van der Waals surface area contributed by atoms with Crippen LogP contribution in [-0.4, -0.2) is 15.0 Å². The first-order chi connectivity index (χ1) is 32.7. The van der Waals surface area contributed by atoms with Crippen molar-refractivity contribution in [2.24, 2.45) is 0 Å². The molecule has 0 radical (unpaired) electrons. The SMILES string of the molecule is c1ccc2cc(-c3cccc4c3oc3cccc(-c5cc(-c6nc(-c7ccc8ccc9ccccc9c8c7)nc(-c7cccc8c7sc7ccccc78)n6)cc6ccccc56)c34)ccc2c1. The first-order valence-electron chi connectivity index (χ1n) is 22.2. The van der Waals surface area contributed by atoms with Crippen LogP contribution in [0.15, 0.2) is 217 Å². The van der Waals surface area contributed by atoms with Crippen LogP contribution >= 0.6 is 11.3 Å². The number of nitrogens with zero attached hydrogens (tertiary/aromatic N) is 3. The summed E-state index contributed by atoms with van der Waals surface area (Å²) >= 11 is 1.78. The molecule has 0 saturated heterocycles. The number of para-hydroxylation sites is 1. The lowest BCUT2D eigenvalue weighted by molar-refractivity contribution is 0.670. The number of hydrogen-bond donors (Lipinski definition) is 0. The maximum Gasteiger partial charge on any atom is 0.165 e. The van der Waals surface area contributed by atoms with Gasteiger partial charge in [-0.2, -0.15) is 0 Å². The van der Waals surface area contributed by atoms with E-state index in [9.17, 15) is 0 Å². The predicted octanol–water partition coefficient (Wildman–Crippen LogP) is 17.1. The Morgan fingerprint density at radius 2 is 0.909 bits per heavy atom. The van der Waals surface area contributed by atoms with Crippen molar-refractivity contribution in [3.8, 4) is 56.4 Å². The lowest BCUT2D eigenvalue weighted by Gasteiger charge is -2.14. The molecular weight excluding hydrogens is 823 g/mol. The number of thiophene rings is 1. The number of furan rings is 1. The Hall–Kier alpha value is -8.51. The van der Waals surface area contributed by atoms with E-state index < -0.39 is 0 Å². The van der Waals surface area contributed by atoms with Gasteiger partial charge in [-0.05, 0) is 102 Å². The van der Waals surface area contributed by atoms with Crippen molar-refractivity contribution >= 4 is 96.5 Å². The van der Waals surface area contributed by atoms with Crippen molar-refractivity contribution in [2.45, 2.75) is 0 Å². The van der Waals surface area contributed by atoms with Crippen LogP contribution in [0.3, 0.4) is 0 Å². The Labute approximate surface area is 382 Å². The van der Waals surface area contributed by atoms with Gasteiger partial charge in [-0.25, -0.2) is 15.0 Å². The molecule has 0 amide bonds. The Kier molecular flexibility index (Phi) is 8.12. The Bertz CT molecular complexity index is 4320. The molecule has 66 heavy (non-hydrogen) atoms. The average molecular weight is 858 g/mol. The number of benzene rings is 11. The predicted molar refractivity (Wildman–Crippen MR) is 277 cm³/mol. The lowest BCUT2D eigenvalue weighted by atomic mass is 9.92. The van der Waals surface area contributed by atoms with Crippen LogP contribution in [-0.2, 0) is 0 Å². The average Bonchev–Trinajstić information content (AvgIpc) is 3.97. The minimum absolute atomic E-state index is 0.612. The van der Waals surface area contributed by atoms with E-state index in [1.54, 1.807) is 11.3 Å². The van der Waals surface area contributed by atoms with Crippen LogP contribution in [0.1, 0.15) is 0 Å². The van der Waals surface area contributed by atoms with Gasteiger partial charge in [0.25, 0.3) is 0 Å². The fourth-order valence-electron chi connectivity index (χ4n) is 10.1. The molecule has 306 valence electrons. The number of aromatic nitrogens is 3. The topological polar surface area (TPSA) is 51.8 Å². The van der Waals surface area contributed by atoms with Crippen molar-refractivity contribution in [2.75, 3.05) is 0 Å². The van der Waals surface area contributed by atoms with E-state index in [-0.39, 0.29) is 0 Å². The van der Waals surface area contributed by atoms with Crippen LogP contribution in [0.4, 0.5) is 0 Å². The Morgan fingerprint density at radius 1 is 0.318 bits per heavy atom. The highest BCUT2D eigenvalue weighted by Gasteiger charge is 2.21. The van der Waals surface area contributed by atoms with Crippen LogP contribution in [0.25, 0.3) is 142 Å². The summed E-state index contributed by atoms with van der Waals surface area (Å²) < 4.78 is 9.25. The van der Waals surface area contributed by atoms with Crippen molar-refractivity contribution in [1.29, 1.82) is 0 Å². The van der Waals surface area contributed by atoms with Gasteiger partial charge < -0.3 is 4.42 Å². The first kappa shape index (κ1) is 36.9. The van der Waals surface area contributed by atoms with E-state index in [4.69, 9.17) is 19.4 Å². The van der Waals surface area contributed by atoms with E-state index in [0.29, 0.717) is 17.5 Å². The third kappa shape index (κ3) is 5.80. The van der Waals surface area contributed by atoms with Crippen LogP contribution in [0.5, 0.6) is 0 Å². The zero-order valence-corrected chi connectivity index (χ0v) is 36.2. The van der Waals surface area contributed by atoms with E-state index in [1.165, 1.54) is 42.4 Å². The third-order valence-corrected chi connectivity index (χ3v) is 14.5. The molecule has 0 aliphatic rings. The molecule has 3 aromatic heterocycles. The maximum absolute atomic E-state index is 6.85. The summed E-state index contributed by atoms with van der Waals surface area (Å²) in [6, 6.07) is 75.7. The Balaban J connectivity index is 1.00. The normalized spacial score (nSPS) is 11.9. The van der Waals surface area contributed by atoms with Crippen molar-refractivity contribution in [1.82, 2.24) is 15.0 Å². The fraction of sp³-hybridized carbons (Fsp3) is 0. The monoisotopic (exact) mass is 857 g/mol. The molecular formula is C61H35N3OS. The molecule has 0 N–H and O–H groups in total. The second-order valence-electron chi connectivity index (χ2n) is 17.1. The summed E-state index contributed by atoms with van der Waals surface area (Å²) in [7, 11) is 0. The van der Waals surface area contributed by atoms with Crippen LogP contribution in [0, 0.1) is 0 Å².